The van der Waals surface area contributed by atoms with Crippen molar-refractivity contribution in [3.05, 3.63) is 33.3 Å². The van der Waals surface area contributed by atoms with Gasteiger partial charge in [-0.05, 0) is 26.0 Å². The Morgan fingerprint density at radius 1 is 1.40 bits per heavy atom. The molecule has 0 aromatic heterocycles. The summed E-state index contributed by atoms with van der Waals surface area (Å²) >= 11 is 5.69. The van der Waals surface area contributed by atoms with Gasteiger partial charge in [-0.15, -0.1) is 0 Å². The van der Waals surface area contributed by atoms with Gasteiger partial charge >= 0.3 is 0 Å². The van der Waals surface area contributed by atoms with Crippen molar-refractivity contribution in [2.45, 2.75) is 20.1 Å². The van der Waals surface area contributed by atoms with Gasteiger partial charge in [-0.2, -0.15) is 0 Å². The normalized spacial score (nSPS) is 10.6. The average Bonchev–Trinajstić information content (AvgIpc) is 2.40. The van der Waals surface area contributed by atoms with Gasteiger partial charge in [0.2, 0.25) is 6.29 Å². The van der Waals surface area contributed by atoms with Crippen LogP contribution in [0.2, 0.25) is 5.02 Å². The number of nitrogens with zero attached hydrogens (tertiary/aromatic N) is 1. The molecule has 0 bridgehead atoms. The second-order valence-electron chi connectivity index (χ2n) is 3.65. The Kier molecular flexibility index (Phi) is 6.37. The highest BCUT2D eigenvalue weighted by Gasteiger charge is 2.23. The van der Waals surface area contributed by atoms with Crippen LogP contribution in [0, 0.1) is 10.1 Å². The second kappa shape index (κ2) is 7.78. The van der Waals surface area contributed by atoms with Crippen molar-refractivity contribution in [3.8, 4) is 0 Å². The van der Waals surface area contributed by atoms with E-state index in [0.717, 1.165) is 6.07 Å². The van der Waals surface area contributed by atoms with Gasteiger partial charge in [0, 0.05) is 24.3 Å². The molecule has 0 fully saturated rings. The van der Waals surface area contributed by atoms with Gasteiger partial charge in [-0.3, -0.25) is 14.9 Å². The van der Waals surface area contributed by atoms with Gasteiger partial charge in [-0.1, -0.05) is 11.6 Å². The van der Waals surface area contributed by atoms with Crippen molar-refractivity contribution < 1.29 is 19.2 Å². The quantitative estimate of drug-likeness (QED) is 0.475. The second-order valence-corrected chi connectivity index (χ2v) is 4.09. The van der Waals surface area contributed by atoms with E-state index in [2.05, 4.69) is 5.32 Å². The molecule has 110 valence electrons. The monoisotopic (exact) mass is 302 g/mol. The number of anilines is 1. The van der Waals surface area contributed by atoms with Gasteiger partial charge in [0.25, 0.3) is 11.6 Å². The molecule has 0 saturated carbocycles. The fourth-order valence-electron chi connectivity index (χ4n) is 1.46. The fourth-order valence-corrected chi connectivity index (χ4v) is 1.62. The molecule has 0 radical (unpaired) electrons. The Morgan fingerprint density at radius 2 is 2.00 bits per heavy atom. The van der Waals surface area contributed by atoms with Crippen LogP contribution in [0.25, 0.3) is 0 Å². The first-order valence-electron chi connectivity index (χ1n) is 5.97. The van der Waals surface area contributed by atoms with Crippen molar-refractivity contribution >= 4 is 28.9 Å². The summed E-state index contributed by atoms with van der Waals surface area (Å²) in [4.78, 5) is 22.2. The third-order valence-corrected chi connectivity index (χ3v) is 2.50. The van der Waals surface area contributed by atoms with Gasteiger partial charge in [0.1, 0.15) is 5.69 Å². The van der Waals surface area contributed by atoms with Crippen molar-refractivity contribution in [1.82, 2.24) is 0 Å². The number of rotatable bonds is 7. The molecule has 0 aliphatic carbocycles. The van der Waals surface area contributed by atoms with Crippen LogP contribution < -0.4 is 5.32 Å². The predicted molar refractivity (Wildman–Crippen MR) is 73.8 cm³/mol. The van der Waals surface area contributed by atoms with E-state index in [1.807, 2.05) is 0 Å². The predicted octanol–water partition coefficient (Wildman–Crippen LogP) is 2.59. The molecule has 0 unspecified atom stereocenters. The van der Waals surface area contributed by atoms with Gasteiger partial charge in [0.15, 0.2) is 0 Å². The highest BCUT2D eigenvalue weighted by molar-refractivity contribution is 6.31. The lowest BCUT2D eigenvalue weighted by atomic mass is 10.2. The first-order chi connectivity index (χ1) is 9.49. The summed E-state index contributed by atoms with van der Waals surface area (Å²) in [6, 6.07) is 3.96. The maximum Gasteiger partial charge on any atom is 0.294 e. The molecule has 0 spiro atoms. The molecule has 0 aliphatic rings. The minimum absolute atomic E-state index is 0.0359. The van der Waals surface area contributed by atoms with Crippen molar-refractivity contribution in [2.24, 2.45) is 0 Å². The molecule has 1 amide bonds. The highest BCUT2D eigenvalue weighted by Crippen LogP contribution is 2.27. The summed E-state index contributed by atoms with van der Waals surface area (Å²) in [5.74, 6) is -0.612. The number of nitrogens with one attached hydrogen (secondary N) is 1. The molecule has 1 aromatic rings. The Morgan fingerprint density at radius 3 is 2.50 bits per heavy atom. The van der Waals surface area contributed by atoms with E-state index in [4.69, 9.17) is 21.1 Å². The number of hydrogen-bond acceptors (Lipinski definition) is 5. The van der Waals surface area contributed by atoms with Crippen LogP contribution in [-0.4, -0.2) is 30.3 Å². The van der Waals surface area contributed by atoms with E-state index in [-0.39, 0.29) is 29.6 Å². The van der Waals surface area contributed by atoms with E-state index in [9.17, 15) is 14.9 Å². The standard InChI is InChI=1S/C12H15ClN2O5/c1-3-19-12(20-4-2)11(16)14-9-6-5-8(13)7-10(9)15(17)18/h5-7,12H,3-4H2,1-2H3,(H,14,16). The zero-order chi connectivity index (χ0) is 15.1. The van der Waals surface area contributed by atoms with Crippen LogP contribution in [0.5, 0.6) is 0 Å². The van der Waals surface area contributed by atoms with E-state index < -0.39 is 17.1 Å². The fraction of sp³-hybridized carbons (Fsp3) is 0.417. The number of nitro benzene ring substituents is 1. The minimum atomic E-state index is -1.11. The summed E-state index contributed by atoms with van der Waals surface area (Å²) in [5.41, 5.74) is -0.258. The first-order valence-corrected chi connectivity index (χ1v) is 6.35. The minimum Gasteiger partial charge on any atom is -0.345 e. The van der Waals surface area contributed by atoms with Crippen molar-refractivity contribution in [1.29, 1.82) is 0 Å². The zero-order valence-electron chi connectivity index (χ0n) is 11.1. The first kappa shape index (κ1) is 16.4. The summed E-state index contributed by atoms with van der Waals surface area (Å²) in [6.07, 6.45) is -1.11. The summed E-state index contributed by atoms with van der Waals surface area (Å²) in [7, 11) is 0. The number of ether oxygens (including phenoxy) is 2. The number of hydrogen-bond donors (Lipinski definition) is 1. The SMILES string of the molecule is CCOC(OCC)C(=O)Nc1ccc(Cl)cc1[N+](=O)[O-]. The molecule has 1 N–H and O–H groups in total. The van der Waals surface area contributed by atoms with Gasteiger partial charge < -0.3 is 14.8 Å². The third kappa shape index (κ3) is 4.44. The molecule has 1 aromatic carbocycles. The van der Waals surface area contributed by atoms with Crippen molar-refractivity contribution in [2.75, 3.05) is 18.5 Å². The Balaban J connectivity index is 2.91. The maximum atomic E-state index is 11.9. The van der Waals surface area contributed by atoms with Gasteiger partial charge in [0.05, 0.1) is 4.92 Å². The number of nitro groups is 1. The largest absolute Gasteiger partial charge is 0.345 e. The van der Waals surface area contributed by atoms with Crippen LogP contribution >= 0.6 is 11.6 Å². The topological polar surface area (TPSA) is 90.7 Å². The highest BCUT2D eigenvalue weighted by atomic mass is 35.5. The van der Waals surface area contributed by atoms with E-state index in [1.165, 1.54) is 12.1 Å². The molecule has 20 heavy (non-hydrogen) atoms. The number of benzene rings is 1. The Labute approximate surface area is 121 Å². The number of carbonyl (C=O) groups is 1. The molecule has 0 saturated heterocycles. The summed E-state index contributed by atoms with van der Waals surface area (Å²) < 4.78 is 10.2. The van der Waals surface area contributed by atoms with E-state index in [1.54, 1.807) is 13.8 Å². The van der Waals surface area contributed by atoms with Crippen LogP contribution in [0.1, 0.15) is 13.8 Å². The lowest BCUT2D eigenvalue weighted by Crippen LogP contribution is -2.33. The molecule has 8 heteroatoms. The molecule has 0 atom stereocenters. The van der Waals surface area contributed by atoms with Crippen LogP contribution in [0.3, 0.4) is 0 Å². The van der Waals surface area contributed by atoms with E-state index in [0.29, 0.717) is 0 Å². The Hall–Kier alpha value is -1.70. The van der Waals surface area contributed by atoms with E-state index >= 15 is 0 Å². The molecule has 1 rings (SSSR count). The molecular formula is C12H15ClN2O5. The molecule has 7 nitrogen and oxygen atoms in total. The summed E-state index contributed by atoms with van der Waals surface area (Å²) in [6.45, 7) is 3.98. The van der Waals surface area contributed by atoms with Gasteiger partial charge in [-0.25, -0.2) is 0 Å². The maximum absolute atomic E-state index is 11.9. The lowest BCUT2D eigenvalue weighted by molar-refractivity contribution is -0.383. The Bertz CT molecular complexity index is 489. The molecule has 0 heterocycles. The molecular weight excluding hydrogens is 288 g/mol. The molecule has 0 aliphatic heterocycles. The zero-order valence-corrected chi connectivity index (χ0v) is 11.8. The van der Waals surface area contributed by atoms with Crippen LogP contribution in [0.15, 0.2) is 18.2 Å². The van der Waals surface area contributed by atoms with Crippen molar-refractivity contribution in [3.63, 3.8) is 0 Å². The average molecular weight is 303 g/mol. The summed E-state index contributed by atoms with van der Waals surface area (Å²) in [5, 5.41) is 13.5. The number of amides is 1. The number of carbonyl (C=O) groups excluding carboxylic acids is 1. The smallest absolute Gasteiger partial charge is 0.294 e. The third-order valence-electron chi connectivity index (χ3n) is 2.26. The van der Waals surface area contributed by atoms with Crippen LogP contribution in [-0.2, 0) is 14.3 Å². The lowest BCUT2D eigenvalue weighted by Gasteiger charge is -2.16. The number of halogens is 1. The van der Waals surface area contributed by atoms with Crippen LogP contribution in [0.4, 0.5) is 11.4 Å².